The fraction of sp³-hybridized carbons (Fsp3) is 0.385. The number of alkyl halides is 3. The number of hydrogen-bond donors (Lipinski definition) is 1. The van der Waals surface area contributed by atoms with Gasteiger partial charge in [-0.15, -0.1) is 0 Å². The molecule has 0 aliphatic heterocycles. The first-order valence-corrected chi connectivity index (χ1v) is 11.9. The van der Waals surface area contributed by atoms with Crippen molar-refractivity contribution in [2.24, 2.45) is 17.8 Å². The quantitative estimate of drug-likeness (QED) is 0.380. The van der Waals surface area contributed by atoms with E-state index in [0.717, 1.165) is 24.6 Å². The lowest BCUT2D eigenvalue weighted by molar-refractivity contribution is -0.141. The summed E-state index contributed by atoms with van der Waals surface area (Å²) in [4.78, 5) is 16.3. The number of carbonyl (C=O) groups excluding carboxylic acids is 1. The van der Waals surface area contributed by atoms with E-state index in [1.807, 2.05) is 6.92 Å². The van der Waals surface area contributed by atoms with Gasteiger partial charge in [0.2, 0.25) is 0 Å². The Kier molecular flexibility index (Phi) is 6.11. The third-order valence-corrected chi connectivity index (χ3v) is 7.36. The second-order valence-electron chi connectivity index (χ2n) is 9.28. The predicted molar refractivity (Wildman–Crippen MR) is 124 cm³/mol. The molecule has 1 N–H and O–H groups in total. The second kappa shape index (κ2) is 8.97. The normalized spacial score (nSPS) is 24.2. The first kappa shape index (κ1) is 23.9. The Bertz CT molecular complexity index is 1250. The molecule has 2 fully saturated rings. The van der Waals surface area contributed by atoms with E-state index in [1.54, 1.807) is 24.3 Å². The van der Waals surface area contributed by atoms with Crippen LogP contribution >= 0.6 is 11.6 Å². The van der Waals surface area contributed by atoms with Crippen molar-refractivity contribution in [1.82, 2.24) is 10.3 Å². The van der Waals surface area contributed by atoms with Gasteiger partial charge in [0.1, 0.15) is 17.3 Å². The van der Waals surface area contributed by atoms with Gasteiger partial charge < -0.3 is 10.1 Å². The number of hydrogen-bond acceptors (Lipinski definition) is 3. The molecule has 2 saturated carbocycles. The molecule has 1 aromatic heterocycles. The van der Waals surface area contributed by atoms with Crippen LogP contribution in [0.15, 0.2) is 48.5 Å². The van der Waals surface area contributed by atoms with E-state index in [-0.39, 0.29) is 34.7 Å². The van der Waals surface area contributed by atoms with Crippen molar-refractivity contribution in [1.29, 1.82) is 0 Å². The van der Waals surface area contributed by atoms with Gasteiger partial charge in [0.15, 0.2) is 0 Å². The molecule has 0 radical (unpaired) electrons. The lowest BCUT2D eigenvalue weighted by Crippen LogP contribution is -2.37. The van der Waals surface area contributed by atoms with Crippen LogP contribution in [0.25, 0.3) is 10.9 Å². The Balaban J connectivity index is 1.27. The molecule has 0 bridgehead atoms. The summed E-state index contributed by atoms with van der Waals surface area (Å²) in [5.74, 6) is 0.211. The van der Waals surface area contributed by atoms with E-state index in [2.05, 4.69) is 10.3 Å². The van der Waals surface area contributed by atoms with Crippen molar-refractivity contribution in [2.45, 2.75) is 44.5 Å². The van der Waals surface area contributed by atoms with Crippen LogP contribution in [0.3, 0.4) is 0 Å². The molecule has 2 aliphatic carbocycles. The highest BCUT2D eigenvalue weighted by molar-refractivity contribution is 6.30. The van der Waals surface area contributed by atoms with Crippen molar-refractivity contribution in [3.05, 3.63) is 70.6 Å². The first-order chi connectivity index (χ1) is 16.6. The minimum atomic E-state index is -4.64. The molecule has 1 heterocycles. The average molecular weight is 507 g/mol. The van der Waals surface area contributed by atoms with Gasteiger partial charge in [-0.1, -0.05) is 18.5 Å². The number of rotatable bonds is 6. The Hall–Kier alpha value is -2.87. The summed E-state index contributed by atoms with van der Waals surface area (Å²) in [6, 6.07) is 11.0. The van der Waals surface area contributed by atoms with Crippen molar-refractivity contribution in [2.75, 3.05) is 0 Å². The number of ether oxygens (including phenoxy) is 1. The van der Waals surface area contributed by atoms with Gasteiger partial charge in [0.25, 0.3) is 5.91 Å². The summed E-state index contributed by atoms with van der Waals surface area (Å²) in [5.41, 5.74) is -0.492. The summed E-state index contributed by atoms with van der Waals surface area (Å²) in [7, 11) is 0. The van der Waals surface area contributed by atoms with Gasteiger partial charge in [0, 0.05) is 28.1 Å². The highest BCUT2D eigenvalue weighted by Crippen LogP contribution is 2.60. The van der Waals surface area contributed by atoms with Crippen LogP contribution in [0.1, 0.15) is 42.2 Å². The van der Waals surface area contributed by atoms with E-state index >= 15 is 0 Å². The molecular weight excluding hydrogens is 484 g/mol. The van der Waals surface area contributed by atoms with E-state index in [1.165, 1.54) is 6.07 Å². The largest absolute Gasteiger partial charge is 0.490 e. The summed E-state index contributed by atoms with van der Waals surface area (Å²) < 4.78 is 59.9. The number of nitrogens with zero attached hydrogens (tertiary/aromatic N) is 1. The molecule has 35 heavy (non-hydrogen) atoms. The van der Waals surface area contributed by atoms with E-state index < -0.39 is 17.7 Å². The van der Waals surface area contributed by atoms with Crippen molar-refractivity contribution >= 4 is 28.4 Å². The fourth-order valence-electron chi connectivity index (χ4n) is 5.45. The molecule has 5 rings (SSSR count). The maximum absolute atomic E-state index is 13.8. The number of aromatic nitrogens is 1. The van der Waals surface area contributed by atoms with Gasteiger partial charge in [-0.2, -0.15) is 13.2 Å². The number of nitrogens with one attached hydrogen (secondary N) is 1. The molecule has 2 aromatic carbocycles. The third-order valence-electron chi connectivity index (χ3n) is 7.11. The number of carbonyl (C=O) groups is 1. The molecule has 4 nitrogen and oxygen atoms in total. The van der Waals surface area contributed by atoms with Gasteiger partial charge >= 0.3 is 6.18 Å². The van der Waals surface area contributed by atoms with Crippen molar-refractivity contribution in [3.63, 3.8) is 0 Å². The van der Waals surface area contributed by atoms with Crippen LogP contribution in [0, 0.1) is 23.6 Å². The Morgan fingerprint density at radius 3 is 2.46 bits per heavy atom. The third kappa shape index (κ3) is 4.81. The maximum Gasteiger partial charge on any atom is 0.433 e. The SMILES string of the molecule is CCC(NC(=O)c1ccc(Cl)cc1)C1C2CC(Oc3cc(C(F)(F)F)nc4ccc(F)cc34)CC21. The van der Waals surface area contributed by atoms with Gasteiger partial charge in [-0.3, -0.25) is 4.79 Å². The Morgan fingerprint density at radius 1 is 1.14 bits per heavy atom. The average Bonchev–Trinajstić information content (AvgIpc) is 3.30. The van der Waals surface area contributed by atoms with Gasteiger partial charge in [-0.25, -0.2) is 9.37 Å². The van der Waals surface area contributed by atoms with Crippen molar-refractivity contribution in [3.8, 4) is 5.75 Å². The zero-order valence-electron chi connectivity index (χ0n) is 18.8. The van der Waals surface area contributed by atoms with E-state index in [4.69, 9.17) is 16.3 Å². The van der Waals surface area contributed by atoms with Crippen LogP contribution < -0.4 is 10.1 Å². The zero-order valence-corrected chi connectivity index (χ0v) is 19.5. The molecule has 3 unspecified atom stereocenters. The number of pyridine rings is 1. The van der Waals surface area contributed by atoms with Crippen LogP contribution in [0.2, 0.25) is 5.02 Å². The molecule has 3 aromatic rings. The second-order valence-corrected chi connectivity index (χ2v) is 9.71. The number of amides is 1. The van der Waals surface area contributed by atoms with Gasteiger partial charge in [0.05, 0.1) is 11.6 Å². The summed E-state index contributed by atoms with van der Waals surface area (Å²) in [6.07, 6.45) is -2.81. The van der Waals surface area contributed by atoms with Crippen molar-refractivity contribution < 1.29 is 27.1 Å². The Labute approximate surface area is 204 Å². The highest BCUT2D eigenvalue weighted by Gasteiger charge is 2.59. The summed E-state index contributed by atoms with van der Waals surface area (Å²) in [5, 5.41) is 3.89. The molecule has 3 atom stereocenters. The highest BCUT2D eigenvalue weighted by atomic mass is 35.5. The van der Waals surface area contributed by atoms with Crippen LogP contribution in [-0.2, 0) is 6.18 Å². The number of benzene rings is 2. The van der Waals surface area contributed by atoms with E-state index in [9.17, 15) is 22.4 Å². The lowest BCUT2D eigenvalue weighted by atomic mass is 10.00. The smallest absolute Gasteiger partial charge is 0.433 e. The minimum Gasteiger partial charge on any atom is -0.490 e. The molecule has 0 saturated heterocycles. The predicted octanol–water partition coefficient (Wildman–Crippen LogP) is 6.66. The number of halogens is 5. The summed E-state index contributed by atoms with van der Waals surface area (Å²) in [6.45, 7) is 2.02. The standard InChI is InChI=1S/C26H23ClF4N2O2/c1-2-20(33-25(34)13-3-5-14(27)6-4-13)24-17-10-16(11-18(17)24)35-22-12-23(26(29,30)31)32-21-8-7-15(28)9-19(21)22/h3-9,12,16-18,20,24H,2,10-11H2,1H3,(H,33,34). The maximum atomic E-state index is 13.8. The molecule has 2 aliphatic rings. The molecule has 1 amide bonds. The molecule has 0 spiro atoms. The molecular formula is C26H23ClF4N2O2. The first-order valence-electron chi connectivity index (χ1n) is 11.5. The summed E-state index contributed by atoms with van der Waals surface area (Å²) >= 11 is 5.90. The number of fused-ring (bicyclic) bond motifs is 2. The monoisotopic (exact) mass is 506 g/mol. The Morgan fingerprint density at radius 2 is 1.83 bits per heavy atom. The molecule has 184 valence electrons. The van der Waals surface area contributed by atoms with Crippen LogP contribution in [-0.4, -0.2) is 23.0 Å². The van der Waals surface area contributed by atoms with Crippen LogP contribution in [0.5, 0.6) is 5.75 Å². The lowest BCUT2D eigenvalue weighted by Gasteiger charge is -2.23. The van der Waals surface area contributed by atoms with E-state index in [0.29, 0.717) is 41.2 Å². The zero-order chi connectivity index (χ0) is 24.9. The topological polar surface area (TPSA) is 51.2 Å². The van der Waals surface area contributed by atoms with Crippen LogP contribution in [0.4, 0.5) is 17.6 Å². The minimum absolute atomic E-state index is 0.00168. The van der Waals surface area contributed by atoms with Gasteiger partial charge in [-0.05, 0) is 79.5 Å². The fourth-order valence-corrected chi connectivity index (χ4v) is 5.57. The molecule has 9 heteroatoms.